The topological polar surface area (TPSA) is 76.2 Å². The van der Waals surface area contributed by atoms with Crippen molar-refractivity contribution in [2.45, 2.75) is 77.0 Å². The molecule has 1 unspecified atom stereocenters. The summed E-state index contributed by atoms with van der Waals surface area (Å²) in [6, 6.07) is 16.8. The molecule has 0 spiro atoms. The Balaban J connectivity index is 1.10. The van der Waals surface area contributed by atoms with E-state index in [1.807, 2.05) is 32.0 Å². The first-order valence-electron chi connectivity index (χ1n) is 12.4. The quantitative estimate of drug-likeness (QED) is 0.535. The number of ether oxygens (including phenoxy) is 2. The van der Waals surface area contributed by atoms with Gasteiger partial charge in [0.1, 0.15) is 17.6 Å². The summed E-state index contributed by atoms with van der Waals surface area (Å²) in [4.78, 5) is 12.5. The molecule has 0 saturated heterocycles. The van der Waals surface area contributed by atoms with E-state index in [0.29, 0.717) is 6.42 Å². The smallest absolute Gasteiger partial charge is 0.224 e. The normalized spacial score (nSPS) is 21.9. The lowest BCUT2D eigenvalue weighted by Gasteiger charge is -2.30. The van der Waals surface area contributed by atoms with E-state index in [4.69, 9.17) is 9.47 Å². The maximum absolute atomic E-state index is 12.5. The van der Waals surface area contributed by atoms with Crippen LogP contribution in [0.1, 0.15) is 66.3 Å². The zero-order valence-electron chi connectivity index (χ0n) is 20.0. The fraction of sp³-hybridized carbons (Fsp3) is 0.429. The number of H-pyrrole nitrogens is 1. The minimum Gasteiger partial charge on any atom is -0.490 e. The second-order valence-electron chi connectivity index (χ2n) is 9.57. The highest BCUT2D eigenvalue weighted by atomic mass is 16.5. The Labute approximate surface area is 201 Å². The van der Waals surface area contributed by atoms with Gasteiger partial charge in [0.15, 0.2) is 0 Å². The SMILES string of the molecule is Cc1n[nH]c(C)c1CC(=O)N[C@H]1CC[C@H](Oc2ccc3c(c2)CCC(c2ccccc2)O3)CC1. The summed E-state index contributed by atoms with van der Waals surface area (Å²) in [5.41, 5.74) is 5.32. The van der Waals surface area contributed by atoms with Crippen molar-refractivity contribution >= 4 is 5.91 Å². The van der Waals surface area contributed by atoms with Gasteiger partial charge < -0.3 is 14.8 Å². The van der Waals surface area contributed by atoms with Crippen LogP contribution in [0, 0.1) is 13.8 Å². The molecule has 0 radical (unpaired) electrons. The highest BCUT2D eigenvalue weighted by molar-refractivity contribution is 5.79. The Bertz CT molecular complexity index is 1110. The van der Waals surface area contributed by atoms with Crippen molar-refractivity contribution in [3.05, 3.63) is 76.6 Å². The van der Waals surface area contributed by atoms with Crippen molar-refractivity contribution in [3.63, 3.8) is 0 Å². The molecule has 3 aromatic rings. The number of carbonyl (C=O) groups is 1. The third-order valence-corrected chi connectivity index (χ3v) is 7.11. The molecule has 5 rings (SSSR count). The van der Waals surface area contributed by atoms with E-state index in [1.165, 1.54) is 11.1 Å². The molecule has 34 heavy (non-hydrogen) atoms. The molecule has 1 saturated carbocycles. The van der Waals surface area contributed by atoms with E-state index >= 15 is 0 Å². The molecule has 1 aliphatic heterocycles. The molecule has 6 heteroatoms. The van der Waals surface area contributed by atoms with Crippen molar-refractivity contribution in [3.8, 4) is 11.5 Å². The second-order valence-corrected chi connectivity index (χ2v) is 9.57. The number of nitrogens with zero attached hydrogens (tertiary/aromatic N) is 1. The van der Waals surface area contributed by atoms with Crippen molar-refractivity contribution in [2.24, 2.45) is 0 Å². The Hall–Kier alpha value is -3.28. The number of amides is 1. The zero-order valence-corrected chi connectivity index (χ0v) is 20.0. The van der Waals surface area contributed by atoms with Crippen LogP contribution in [0.5, 0.6) is 11.5 Å². The van der Waals surface area contributed by atoms with Gasteiger partial charge in [-0.3, -0.25) is 9.89 Å². The second kappa shape index (κ2) is 9.92. The largest absolute Gasteiger partial charge is 0.490 e. The number of benzene rings is 2. The molecule has 2 aliphatic rings. The lowest BCUT2D eigenvalue weighted by Crippen LogP contribution is -2.40. The Morgan fingerprint density at radius 3 is 2.62 bits per heavy atom. The molecule has 178 valence electrons. The average Bonchev–Trinajstić information content (AvgIpc) is 3.17. The number of aryl methyl sites for hydroxylation is 3. The van der Waals surface area contributed by atoms with Crippen molar-refractivity contribution < 1.29 is 14.3 Å². The highest BCUT2D eigenvalue weighted by Crippen LogP contribution is 2.37. The Morgan fingerprint density at radius 2 is 1.88 bits per heavy atom. The molecule has 2 aromatic carbocycles. The van der Waals surface area contributed by atoms with Gasteiger partial charge in [0.05, 0.1) is 18.2 Å². The third kappa shape index (κ3) is 5.11. The number of fused-ring (bicyclic) bond motifs is 1. The van der Waals surface area contributed by atoms with Crippen LogP contribution in [0.3, 0.4) is 0 Å². The number of aromatic nitrogens is 2. The molecular weight excluding hydrogens is 426 g/mol. The van der Waals surface area contributed by atoms with E-state index in [9.17, 15) is 4.79 Å². The average molecular weight is 460 g/mol. The van der Waals surface area contributed by atoms with Crippen LogP contribution in [0.4, 0.5) is 0 Å². The fourth-order valence-electron chi connectivity index (χ4n) is 5.13. The van der Waals surface area contributed by atoms with Gasteiger partial charge in [-0.15, -0.1) is 0 Å². The Kier molecular flexibility index (Phi) is 6.57. The summed E-state index contributed by atoms with van der Waals surface area (Å²) < 4.78 is 12.6. The number of nitrogens with one attached hydrogen (secondary N) is 2. The molecular formula is C28H33N3O3. The first-order valence-corrected chi connectivity index (χ1v) is 12.4. The lowest BCUT2D eigenvalue weighted by molar-refractivity contribution is -0.121. The number of aromatic amines is 1. The first kappa shape index (κ1) is 22.5. The summed E-state index contributed by atoms with van der Waals surface area (Å²) in [6.07, 6.45) is 6.41. The molecule has 1 amide bonds. The van der Waals surface area contributed by atoms with Crippen molar-refractivity contribution in [1.29, 1.82) is 0 Å². The fourth-order valence-corrected chi connectivity index (χ4v) is 5.13. The van der Waals surface area contributed by atoms with E-state index < -0.39 is 0 Å². The highest BCUT2D eigenvalue weighted by Gasteiger charge is 2.26. The maximum atomic E-state index is 12.5. The molecule has 1 atom stereocenters. The van der Waals surface area contributed by atoms with Gasteiger partial charge in [0.25, 0.3) is 0 Å². The number of hydrogen-bond acceptors (Lipinski definition) is 4. The Morgan fingerprint density at radius 1 is 1.09 bits per heavy atom. The molecule has 6 nitrogen and oxygen atoms in total. The maximum Gasteiger partial charge on any atom is 0.224 e. The van der Waals surface area contributed by atoms with Crippen molar-refractivity contribution in [2.75, 3.05) is 0 Å². The van der Waals surface area contributed by atoms with Crippen LogP contribution in [0.15, 0.2) is 48.5 Å². The summed E-state index contributed by atoms with van der Waals surface area (Å²) in [5.74, 6) is 1.95. The van der Waals surface area contributed by atoms with Crippen LogP contribution in [-0.2, 0) is 17.6 Å². The summed E-state index contributed by atoms with van der Waals surface area (Å²) >= 11 is 0. The van der Waals surface area contributed by atoms with Gasteiger partial charge in [-0.1, -0.05) is 30.3 Å². The van der Waals surface area contributed by atoms with Gasteiger partial charge in [0.2, 0.25) is 5.91 Å². The van der Waals surface area contributed by atoms with Crippen LogP contribution < -0.4 is 14.8 Å². The predicted octanol–water partition coefficient (Wildman–Crippen LogP) is 5.14. The molecule has 2 heterocycles. The zero-order chi connectivity index (χ0) is 23.5. The summed E-state index contributed by atoms with van der Waals surface area (Å²) in [6.45, 7) is 3.89. The third-order valence-electron chi connectivity index (χ3n) is 7.11. The number of hydrogen-bond donors (Lipinski definition) is 2. The summed E-state index contributed by atoms with van der Waals surface area (Å²) in [7, 11) is 0. The number of rotatable bonds is 6. The number of carbonyl (C=O) groups excluding carboxylic acids is 1. The van der Waals surface area contributed by atoms with Crippen molar-refractivity contribution in [1.82, 2.24) is 15.5 Å². The van der Waals surface area contributed by atoms with Crippen LogP contribution in [0.25, 0.3) is 0 Å². The van der Waals surface area contributed by atoms with Crippen LogP contribution in [0.2, 0.25) is 0 Å². The molecule has 2 N–H and O–H groups in total. The lowest BCUT2D eigenvalue weighted by atomic mass is 9.92. The molecule has 1 fully saturated rings. The monoisotopic (exact) mass is 459 g/mol. The van der Waals surface area contributed by atoms with Crippen LogP contribution >= 0.6 is 0 Å². The minimum absolute atomic E-state index is 0.0699. The van der Waals surface area contributed by atoms with Crippen LogP contribution in [-0.4, -0.2) is 28.3 Å². The molecule has 1 aliphatic carbocycles. The molecule has 0 bridgehead atoms. The van der Waals surface area contributed by atoms with E-state index in [-0.39, 0.29) is 24.2 Å². The van der Waals surface area contributed by atoms with Gasteiger partial charge in [-0.05, 0) is 81.7 Å². The van der Waals surface area contributed by atoms with Gasteiger partial charge in [-0.2, -0.15) is 5.10 Å². The van der Waals surface area contributed by atoms with Gasteiger partial charge >= 0.3 is 0 Å². The standard InChI is InChI=1S/C28H33N3O3/c1-18-25(19(2)31-30-18)17-28(32)29-22-9-11-23(12-10-22)33-24-13-15-27-21(16-24)8-14-26(34-27)20-6-4-3-5-7-20/h3-7,13,15-16,22-23,26H,8-12,14,17H2,1-2H3,(H,29,32)(H,30,31)/t22-,23-,26?. The van der Waals surface area contributed by atoms with E-state index in [1.54, 1.807) is 0 Å². The van der Waals surface area contributed by atoms with Gasteiger partial charge in [0, 0.05) is 17.3 Å². The predicted molar refractivity (Wildman–Crippen MR) is 131 cm³/mol. The minimum atomic E-state index is 0.0699. The van der Waals surface area contributed by atoms with E-state index in [2.05, 4.69) is 45.8 Å². The first-order chi connectivity index (χ1) is 16.5. The summed E-state index contributed by atoms with van der Waals surface area (Å²) in [5, 5.41) is 10.3. The molecule has 1 aromatic heterocycles. The van der Waals surface area contributed by atoms with Gasteiger partial charge in [-0.25, -0.2) is 0 Å². The van der Waals surface area contributed by atoms with E-state index in [0.717, 1.165) is 67.0 Å².